The predicted molar refractivity (Wildman–Crippen MR) is 48.4 cm³/mol. The van der Waals surface area contributed by atoms with Crippen molar-refractivity contribution < 1.29 is 17.9 Å². The summed E-state index contributed by atoms with van der Waals surface area (Å²) >= 11 is 0. The SMILES string of the molecule is COC(=O)/C(C)=C(\C)CS(N)(=O)=O. The van der Waals surface area contributed by atoms with Gasteiger partial charge in [0, 0.05) is 5.57 Å². The van der Waals surface area contributed by atoms with Crippen LogP contribution in [0.15, 0.2) is 11.1 Å². The first-order chi connectivity index (χ1) is 5.78. The molecule has 0 aromatic rings. The van der Waals surface area contributed by atoms with E-state index in [0.717, 1.165) is 0 Å². The molecule has 2 N–H and O–H groups in total. The first kappa shape index (κ1) is 12.1. The van der Waals surface area contributed by atoms with Gasteiger partial charge in [-0.2, -0.15) is 0 Å². The fourth-order valence-electron chi connectivity index (χ4n) is 0.737. The maximum absolute atomic E-state index is 10.9. The molecule has 0 aliphatic heterocycles. The largest absolute Gasteiger partial charge is 0.466 e. The van der Waals surface area contributed by atoms with E-state index in [2.05, 4.69) is 4.74 Å². The van der Waals surface area contributed by atoms with Crippen LogP contribution in [0, 0.1) is 0 Å². The molecule has 0 radical (unpaired) electrons. The van der Waals surface area contributed by atoms with Crippen molar-refractivity contribution in [2.75, 3.05) is 12.9 Å². The summed E-state index contributed by atoms with van der Waals surface area (Å²) in [5, 5.41) is 4.80. The van der Waals surface area contributed by atoms with Gasteiger partial charge in [0.1, 0.15) is 0 Å². The lowest BCUT2D eigenvalue weighted by Crippen LogP contribution is -2.19. The average Bonchev–Trinajstić information content (AvgIpc) is 1.98. The molecule has 0 rings (SSSR count). The van der Waals surface area contributed by atoms with Crippen molar-refractivity contribution in [1.82, 2.24) is 0 Å². The van der Waals surface area contributed by atoms with Gasteiger partial charge in [0.05, 0.1) is 12.9 Å². The number of methoxy groups -OCH3 is 1. The lowest BCUT2D eigenvalue weighted by atomic mass is 10.2. The molecule has 0 bridgehead atoms. The number of esters is 1. The number of carbonyl (C=O) groups is 1. The number of ether oxygens (including phenoxy) is 1. The van der Waals surface area contributed by atoms with Crippen molar-refractivity contribution in [3.63, 3.8) is 0 Å². The highest BCUT2D eigenvalue weighted by molar-refractivity contribution is 7.89. The number of sulfonamides is 1. The average molecular weight is 207 g/mol. The number of rotatable bonds is 3. The van der Waals surface area contributed by atoms with E-state index in [0.29, 0.717) is 5.57 Å². The molecule has 0 atom stereocenters. The standard InChI is InChI=1S/C7H13NO4S/c1-5(4-13(8,10)11)6(2)7(9)12-3/h4H2,1-3H3,(H2,8,10,11)/b6-5+. The zero-order valence-corrected chi connectivity index (χ0v) is 8.64. The van der Waals surface area contributed by atoms with E-state index in [-0.39, 0.29) is 11.3 Å². The molecule has 0 aromatic heterocycles. The van der Waals surface area contributed by atoms with Crippen LogP contribution in [0.3, 0.4) is 0 Å². The number of hydrogen-bond donors (Lipinski definition) is 1. The molecule has 0 fully saturated rings. The van der Waals surface area contributed by atoms with E-state index in [1.54, 1.807) is 0 Å². The van der Waals surface area contributed by atoms with Crippen LogP contribution in [0.5, 0.6) is 0 Å². The van der Waals surface area contributed by atoms with Gasteiger partial charge in [-0.25, -0.2) is 18.4 Å². The summed E-state index contributed by atoms with van der Waals surface area (Å²) in [6, 6.07) is 0. The van der Waals surface area contributed by atoms with Gasteiger partial charge in [0.15, 0.2) is 0 Å². The Bertz CT molecular complexity index is 328. The summed E-state index contributed by atoms with van der Waals surface area (Å²) in [4.78, 5) is 10.9. The smallest absolute Gasteiger partial charge is 0.333 e. The Morgan fingerprint density at radius 2 is 1.85 bits per heavy atom. The Labute approximate surface area is 77.6 Å². The van der Waals surface area contributed by atoms with Crippen molar-refractivity contribution in [1.29, 1.82) is 0 Å². The van der Waals surface area contributed by atoms with E-state index in [1.165, 1.54) is 21.0 Å². The van der Waals surface area contributed by atoms with Crippen molar-refractivity contribution in [2.24, 2.45) is 5.14 Å². The quantitative estimate of drug-likeness (QED) is 0.512. The molecular formula is C7H13NO4S. The minimum absolute atomic E-state index is 0.275. The van der Waals surface area contributed by atoms with Crippen LogP contribution in [0.2, 0.25) is 0 Å². The number of primary sulfonamides is 1. The molecule has 0 amide bonds. The van der Waals surface area contributed by atoms with E-state index in [1.807, 2.05) is 0 Å². The molecule has 0 saturated heterocycles. The van der Waals surface area contributed by atoms with Crippen LogP contribution in [-0.2, 0) is 19.6 Å². The Kier molecular flexibility index (Phi) is 4.09. The van der Waals surface area contributed by atoms with Gasteiger partial charge in [-0.1, -0.05) is 0 Å². The molecule has 76 valence electrons. The third kappa shape index (κ3) is 4.64. The molecular weight excluding hydrogens is 194 g/mol. The van der Waals surface area contributed by atoms with E-state index in [4.69, 9.17) is 5.14 Å². The molecule has 0 spiro atoms. The van der Waals surface area contributed by atoms with Gasteiger partial charge in [-0.05, 0) is 19.4 Å². The lowest BCUT2D eigenvalue weighted by molar-refractivity contribution is -0.136. The molecule has 6 heteroatoms. The highest BCUT2D eigenvalue weighted by Gasteiger charge is 2.11. The van der Waals surface area contributed by atoms with Crippen LogP contribution >= 0.6 is 0 Å². The van der Waals surface area contributed by atoms with Gasteiger partial charge in [-0.15, -0.1) is 0 Å². The second kappa shape index (κ2) is 4.38. The summed E-state index contributed by atoms with van der Waals surface area (Å²) in [7, 11) is -2.34. The van der Waals surface area contributed by atoms with Crippen LogP contribution in [0.1, 0.15) is 13.8 Å². The third-order valence-corrected chi connectivity index (χ3v) is 2.38. The normalized spacial score (nSPS) is 13.5. The van der Waals surface area contributed by atoms with Gasteiger partial charge in [-0.3, -0.25) is 0 Å². The van der Waals surface area contributed by atoms with Crippen LogP contribution in [-0.4, -0.2) is 27.2 Å². The number of hydrogen-bond acceptors (Lipinski definition) is 4. The fourth-order valence-corrected chi connectivity index (χ4v) is 1.56. The van der Waals surface area contributed by atoms with Crippen molar-refractivity contribution in [3.05, 3.63) is 11.1 Å². The maximum atomic E-state index is 10.9. The minimum Gasteiger partial charge on any atom is -0.466 e. The second-order valence-corrected chi connectivity index (χ2v) is 4.32. The minimum atomic E-state index is -3.58. The van der Waals surface area contributed by atoms with Gasteiger partial charge in [0.25, 0.3) is 0 Å². The summed E-state index contributed by atoms with van der Waals surface area (Å²) in [5.74, 6) is -0.866. The highest BCUT2D eigenvalue weighted by atomic mass is 32.2. The first-order valence-electron chi connectivity index (χ1n) is 3.53. The summed E-state index contributed by atoms with van der Waals surface area (Å²) in [6.07, 6.45) is 0. The third-order valence-electron chi connectivity index (χ3n) is 1.55. The molecule has 5 nitrogen and oxygen atoms in total. The Morgan fingerprint density at radius 1 is 1.38 bits per heavy atom. The van der Waals surface area contributed by atoms with Crippen molar-refractivity contribution in [3.8, 4) is 0 Å². The van der Waals surface area contributed by atoms with Crippen molar-refractivity contribution >= 4 is 16.0 Å². The lowest BCUT2D eigenvalue weighted by Gasteiger charge is -2.04. The zero-order chi connectivity index (χ0) is 10.6. The molecule has 13 heavy (non-hydrogen) atoms. The van der Waals surface area contributed by atoms with Gasteiger partial charge >= 0.3 is 5.97 Å². The number of nitrogens with two attached hydrogens (primary N) is 1. The highest BCUT2D eigenvalue weighted by Crippen LogP contribution is 2.06. The zero-order valence-electron chi connectivity index (χ0n) is 7.83. The summed E-state index contributed by atoms with van der Waals surface area (Å²) < 4.78 is 25.7. The number of carbonyl (C=O) groups excluding carboxylic acids is 1. The van der Waals surface area contributed by atoms with Crippen LogP contribution < -0.4 is 5.14 Å². The Balaban J connectivity index is 4.74. The summed E-state index contributed by atoms with van der Waals surface area (Å²) in [6.45, 7) is 3.02. The van der Waals surface area contributed by atoms with E-state index < -0.39 is 16.0 Å². The van der Waals surface area contributed by atoms with Gasteiger partial charge < -0.3 is 4.74 Å². The first-order valence-corrected chi connectivity index (χ1v) is 5.24. The monoisotopic (exact) mass is 207 g/mol. The fraction of sp³-hybridized carbons (Fsp3) is 0.571. The molecule has 0 heterocycles. The molecule has 0 aromatic carbocycles. The molecule has 0 unspecified atom stereocenters. The summed E-state index contributed by atoms with van der Waals surface area (Å²) in [5.41, 5.74) is 0.672. The maximum Gasteiger partial charge on any atom is 0.333 e. The molecule has 0 aliphatic carbocycles. The van der Waals surface area contributed by atoms with Crippen LogP contribution in [0.25, 0.3) is 0 Å². The van der Waals surface area contributed by atoms with Crippen molar-refractivity contribution in [2.45, 2.75) is 13.8 Å². The van der Waals surface area contributed by atoms with Crippen LogP contribution in [0.4, 0.5) is 0 Å². The predicted octanol–water partition coefficient (Wildman–Crippen LogP) is -0.216. The van der Waals surface area contributed by atoms with E-state index >= 15 is 0 Å². The topological polar surface area (TPSA) is 86.5 Å². The second-order valence-electron chi connectivity index (χ2n) is 2.70. The Hall–Kier alpha value is -0.880. The van der Waals surface area contributed by atoms with Gasteiger partial charge in [0.2, 0.25) is 10.0 Å². The van der Waals surface area contributed by atoms with E-state index in [9.17, 15) is 13.2 Å². The molecule has 0 saturated carbocycles. The Morgan fingerprint density at radius 3 is 2.15 bits per heavy atom. The molecule has 0 aliphatic rings.